The van der Waals surface area contributed by atoms with E-state index >= 15 is 0 Å². The van der Waals surface area contributed by atoms with E-state index in [9.17, 15) is 4.79 Å². The summed E-state index contributed by atoms with van der Waals surface area (Å²) in [7, 11) is 0. The first-order valence-corrected chi connectivity index (χ1v) is 5.43. The van der Waals surface area contributed by atoms with Crippen LogP contribution in [-0.4, -0.2) is 53.4 Å². The zero-order valence-electron chi connectivity index (χ0n) is 10.2. The number of rotatable bonds is 7. The number of carbonyl (C=O) groups excluding carboxylic acids is 1. The highest BCUT2D eigenvalue weighted by molar-refractivity contribution is 5.97. The van der Waals surface area contributed by atoms with E-state index in [2.05, 4.69) is 5.32 Å². The SMILES string of the molecule is CC(C)NC(=O)/C(C#N)=C\N(CCO)CCO. The second-order valence-electron chi connectivity index (χ2n) is 3.77. The number of hydrogen-bond donors (Lipinski definition) is 3. The Bertz CT molecular complexity index is 302. The molecule has 96 valence electrons. The van der Waals surface area contributed by atoms with Gasteiger partial charge in [0.05, 0.1) is 13.2 Å². The van der Waals surface area contributed by atoms with Gasteiger partial charge in [-0.1, -0.05) is 0 Å². The summed E-state index contributed by atoms with van der Waals surface area (Å²) in [4.78, 5) is 13.1. The van der Waals surface area contributed by atoms with Crippen LogP contribution in [0.4, 0.5) is 0 Å². The van der Waals surface area contributed by atoms with Gasteiger partial charge >= 0.3 is 0 Å². The fourth-order valence-electron chi connectivity index (χ4n) is 1.16. The van der Waals surface area contributed by atoms with Gasteiger partial charge in [0, 0.05) is 25.3 Å². The molecule has 0 saturated carbocycles. The molecular weight excluding hydrogens is 222 g/mol. The Labute approximate surface area is 101 Å². The van der Waals surface area contributed by atoms with Crippen LogP contribution >= 0.6 is 0 Å². The number of nitrogens with one attached hydrogen (secondary N) is 1. The van der Waals surface area contributed by atoms with Crippen LogP contribution in [0.2, 0.25) is 0 Å². The van der Waals surface area contributed by atoms with Gasteiger partial charge in [-0.05, 0) is 13.8 Å². The number of aliphatic hydroxyl groups is 2. The monoisotopic (exact) mass is 241 g/mol. The topological polar surface area (TPSA) is 96.6 Å². The summed E-state index contributed by atoms with van der Waals surface area (Å²) in [6.07, 6.45) is 1.35. The van der Waals surface area contributed by atoms with E-state index in [1.54, 1.807) is 19.9 Å². The van der Waals surface area contributed by atoms with Crippen LogP contribution in [-0.2, 0) is 4.79 Å². The van der Waals surface area contributed by atoms with Crippen molar-refractivity contribution in [1.82, 2.24) is 10.2 Å². The number of nitriles is 1. The van der Waals surface area contributed by atoms with Crippen molar-refractivity contribution in [2.45, 2.75) is 19.9 Å². The van der Waals surface area contributed by atoms with E-state index in [0.29, 0.717) is 0 Å². The van der Waals surface area contributed by atoms with E-state index in [0.717, 1.165) is 0 Å². The van der Waals surface area contributed by atoms with Gasteiger partial charge in [0.1, 0.15) is 11.6 Å². The van der Waals surface area contributed by atoms with Gasteiger partial charge in [0.25, 0.3) is 5.91 Å². The zero-order valence-corrected chi connectivity index (χ0v) is 10.2. The molecule has 0 aromatic carbocycles. The van der Waals surface area contributed by atoms with Crippen molar-refractivity contribution in [1.29, 1.82) is 5.26 Å². The molecule has 17 heavy (non-hydrogen) atoms. The van der Waals surface area contributed by atoms with Gasteiger partial charge in [-0.3, -0.25) is 4.79 Å². The molecular formula is C11H19N3O3. The van der Waals surface area contributed by atoms with Crippen molar-refractivity contribution >= 4 is 5.91 Å². The number of hydrogen-bond acceptors (Lipinski definition) is 5. The number of carbonyl (C=O) groups is 1. The second kappa shape index (κ2) is 8.56. The highest BCUT2D eigenvalue weighted by atomic mass is 16.3. The molecule has 0 aromatic rings. The molecule has 0 aliphatic rings. The minimum atomic E-state index is -0.455. The molecule has 0 heterocycles. The summed E-state index contributed by atoms with van der Waals surface area (Å²) >= 11 is 0. The molecule has 0 saturated heterocycles. The maximum absolute atomic E-state index is 11.6. The summed E-state index contributed by atoms with van der Waals surface area (Å²) in [6, 6.07) is 1.75. The van der Waals surface area contributed by atoms with Gasteiger partial charge in [-0.25, -0.2) is 0 Å². The van der Waals surface area contributed by atoms with Gasteiger partial charge in [0.15, 0.2) is 0 Å². The lowest BCUT2D eigenvalue weighted by Gasteiger charge is -2.18. The lowest BCUT2D eigenvalue weighted by atomic mass is 10.2. The predicted molar refractivity (Wildman–Crippen MR) is 62.7 cm³/mol. The molecule has 0 aromatic heterocycles. The van der Waals surface area contributed by atoms with Gasteiger partial charge in [-0.15, -0.1) is 0 Å². The maximum atomic E-state index is 11.6. The number of nitrogens with zero attached hydrogens (tertiary/aromatic N) is 2. The Balaban J connectivity index is 4.70. The Kier molecular flexibility index (Phi) is 7.76. The number of amides is 1. The molecule has 0 aliphatic carbocycles. The summed E-state index contributed by atoms with van der Waals surface area (Å²) in [5.41, 5.74) is -0.0411. The normalized spacial score (nSPS) is 11.2. The Morgan fingerprint density at radius 3 is 2.29 bits per heavy atom. The molecule has 0 fully saturated rings. The van der Waals surface area contributed by atoms with Crippen molar-refractivity contribution in [3.05, 3.63) is 11.8 Å². The van der Waals surface area contributed by atoms with Crippen LogP contribution in [0.25, 0.3) is 0 Å². The first-order valence-electron chi connectivity index (χ1n) is 5.43. The van der Waals surface area contributed by atoms with Crippen LogP contribution in [0.15, 0.2) is 11.8 Å². The molecule has 6 heteroatoms. The lowest BCUT2D eigenvalue weighted by Crippen LogP contribution is -2.33. The third kappa shape index (κ3) is 6.56. The number of aliphatic hydroxyl groups excluding tert-OH is 2. The van der Waals surface area contributed by atoms with Crippen molar-refractivity contribution in [3.8, 4) is 6.07 Å². The quantitative estimate of drug-likeness (QED) is 0.401. The Morgan fingerprint density at radius 1 is 1.41 bits per heavy atom. The zero-order chi connectivity index (χ0) is 13.3. The molecule has 0 bridgehead atoms. The van der Waals surface area contributed by atoms with Crippen molar-refractivity contribution < 1.29 is 15.0 Å². The third-order valence-electron chi connectivity index (χ3n) is 1.87. The van der Waals surface area contributed by atoms with Gasteiger partial charge < -0.3 is 20.4 Å². The second-order valence-corrected chi connectivity index (χ2v) is 3.77. The molecule has 0 rings (SSSR count). The van der Waals surface area contributed by atoms with Crippen molar-refractivity contribution in [2.24, 2.45) is 0 Å². The summed E-state index contributed by atoms with van der Waals surface area (Å²) < 4.78 is 0. The van der Waals surface area contributed by atoms with Gasteiger partial charge in [0.2, 0.25) is 0 Å². The van der Waals surface area contributed by atoms with Gasteiger partial charge in [-0.2, -0.15) is 5.26 Å². The first-order chi connectivity index (χ1) is 8.04. The smallest absolute Gasteiger partial charge is 0.263 e. The van der Waals surface area contributed by atoms with E-state index in [1.807, 2.05) is 0 Å². The maximum Gasteiger partial charge on any atom is 0.263 e. The van der Waals surface area contributed by atoms with E-state index in [1.165, 1.54) is 11.1 Å². The van der Waals surface area contributed by atoms with Crippen LogP contribution in [0, 0.1) is 11.3 Å². The van der Waals surface area contributed by atoms with Crippen molar-refractivity contribution in [2.75, 3.05) is 26.3 Å². The van der Waals surface area contributed by atoms with E-state index in [4.69, 9.17) is 15.5 Å². The lowest BCUT2D eigenvalue weighted by molar-refractivity contribution is -0.117. The largest absolute Gasteiger partial charge is 0.395 e. The average Bonchev–Trinajstić information content (AvgIpc) is 2.25. The summed E-state index contributed by atoms with van der Waals surface area (Å²) in [5, 5.41) is 29.1. The van der Waals surface area contributed by atoms with E-state index < -0.39 is 5.91 Å². The fourth-order valence-corrected chi connectivity index (χ4v) is 1.16. The highest BCUT2D eigenvalue weighted by Crippen LogP contribution is 1.98. The third-order valence-corrected chi connectivity index (χ3v) is 1.87. The Morgan fingerprint density at radius 2 is 1.94 bits per heavy atom. The van der Waals surface area contributed by atoms with Crippen LogP contribution in [0.1, 0.15) is 13.8 Å². The minimum absolute atomic E-state index is 0.0411. The van der Waals surface area contributed by atoms with Crippen LogP contribution in [0.3, 0.4) is 0 Å². The molecule has 3 N–H and O–H groups in total. The fraction of sp³-hybridized carbons (Fsp3) is 0.636. The van der Waals surface area contributed by atoms with Crippen LogP contribution < -0.4 is 5.32 Å². The van der Waals surface area contributed by atoms with Crippen LogP contribution in [0.5, 0.6) is 0 Å². The molecule has 0 spiro atoms. The standard InChI is InChI=1S/C11H19N3O3/c1-9(2)13-11(17)10(7-12)8-14(3-5-15)4-6-16/h8-9,15-16H,3-6H2,1-2H3,(H,13,17)/b10-8-. The minimum Gasteiger partial charge on any atom is -0.395 e. The summed E-state index contributed by atoms with van der Waals surface area (Å²) in [6.45, 7) is 3.90. The average molecular weight is 241 g/mol. The van der Waals surface area contributed by atoms with E-state index in [-0.39, 0.29) is 37.9 Å². The molecule has 6 nitrogen and oxygen atoms in total. The molecule has 0 aliphatic heterocycles. The summed E-state index contributed by atoms with van der Waals surface area (Å²) in [5.74, 6) is -0.455. The Hall–Kier alpha value is -1.58. The molecule has 0 atom stereocenters. The molecule has 0 radical (unpaired) electrons. The van der Waals surface area contributed by atoms with Crippen molar-refractivity contribution in [3.63, 3.8) is 0 Å². The molecule has 0 unspecified atom stereocenters. The first kappa shape index (κ1) is 15.4. The predicted octanol–water partition coefficient (Wildman–Crippen LogP) is -0.795. The highest BCUT2D eigenvalue weighted by Gasteiger charge is 2.11. The molecule has 1 amide bonds.